The number of amides is 1. The highest BCUT2D eigenvalue weighted by Gasteiger charge is 2.63. The third-order valence-electron chi connectivity index (χ3n) is 6.70. The molecule has 1 aromatic carbocycles. The summed E-state index contributed by atoms with van der Waals surface area (Å²) in [6.07, 6.45) is -2.87. The minimum absolute atomic E-state index is 0.0543. The van der Waals surface area contributed by atoms with Crippen molar-refractivity contribution < 1.29 is 23.8 Å². The smallest absolute Gasteiger partial charge is 0.381 e. The second-order valence-electron chi connectivity index (χ2n) is 8.90. The number of hydrogen-bond acceptors (Lipinski definition) is 7. The van der Waals surface area contributed by atoms with Gasteiger partial charge in [0, 0.05) is 36.7 Å². The van der Waals surface area contributed by atoms with Crippen molar-refractivity contribution in [3.05, 3.63) is 53.3 Å². The first-order valence-electron chi connectivity index (χ1n) is 10.3. The van der Waals surface area contributed by atoms with Crippen LogP contribution in [0.15, 0.2) is 41.5 Å². The third-order valence-corrected chi connectivity index (χ3v) is 6.70. The van der Waals surface area contributed by atoms with Gasteiger partial charge in [-0.1, -0.05) is 12.1 Å². The number of pyridine rings is 1. The zero-order valence-corrected chi connectivity index (χ0v) is 17.3. The van der Waals surface area contributed by atoms with E-state index in [1.165, 1.54) is 4.90 Å². The molecule has 1 atom stereocenters. The van der Waals surface area contributed by atoms with E-state index in [-0.39, 0.29) is 18.3 Å². The van der Waals surface area contributed by atoms with Gasteiger partial charge in [-0.05, 0) is 36.2 Å². The Morgan fingerprint density at radius 1 is 1.25 bits per heavy atom. The fraction of sp³-hybridized carbons (Fsp3) is 0.409. The number of nitrogens with one attached hydrogen (secondary N) is 1. The summed E-state index contributed by atoms with van der Waals surface area (Å²) in [4.78, 5) is 23.0. The monoisotopic (exact) mass is 443 g/mol. The standard InChI is InChI=1S/C22H23F2N5O3/c1-12-5-6-13(11-26-12)27-17-4-2-3-16-15(17)9-20(16)10-18(30)29(19(25)28-20)14-7-21(31,8-14)22(23,24)32/h2-6,11,14,27,31-32H,7-10H2,1H3,(H2,25,28)/t14?,20-,21?/m0/s1. The van der Waals surface area contributed by atoms with Crippen LogP contribution in [0.4, 0.5) is 20.2 Å². The first-order valence-corrected chi connectivity index (χ1v) is 10.3. The lowest BCUT2D eigenvalue weighted by atomic mass is 9.67. The number of anilines is 2. The van der Waals surface area contributed by atoms with Gasteiger partial charge in [-0.15, -0.1) is 0 Å². The molecule has 168 valence electrons. The molecule has 2 heterocycles. The molecular formula is C22H23F2N5O3. The second kappa shape index (κ2) is 6.69. The molecule has 10 heteroatoms. The van der Waals surface area contributed by atoms with Gasteiger partial charge in [-0.25, -0.2) is 4.99 Å². The van der Waals surface area contributed by atoms with Gasteiger partial charge < -0.3 is 21.3 Å². The van der Waals surface area contributed by atoms with Gasteiger partial charge in [-0.2, -0.15) is 8.78 Å². The van der Waals surface area contributed by atoms with Crippen molar-refractivity contribution in [1.82, 2.24) is 9.88 Å². The van der Waals surface area contributed by atoms with Crippen LogP contribution in [0.25, 0.3) is 0 Å². The summed E-state index contributed by atoms with van der Waals surface area (Å²) in [6.45, 7) is 1.91. The molecule has 1 saturated carbocycles. The summed E-state index contributed by atoms with van der Waals surface area (Å²) in [5, 5.41) is 22.1. The number of aliphatic hydroxyl groups is 2. The molecule has 0 unspecified atom stereocenters. The lowest BCUT2D eigenvalue weighted by Gasteiger charge is -2.52. The van der Waals surface area contributed by atoms with E-state index in [0.29, 0.717) is 6.42 Å². The van der Waals surface area contributed by atoms with Crippen LogP contribution in [0, 0.1) is 6.92 Å². The van der Waals surface area contributed by atoms with Crippen molar-refractivity contribution in [2.24, 2.45) is 10.7 Å². The van der Waals surface area contributed by atoms with Crippen molar-refractivity contribution in [3.63, 3.8) is 0 Å². The maximum Gasteiger partial charge on any atom is 0.382 e. The fourth-order valence-corrected chi connectivity index (χ4v) is 4.88. The zero-order chi connectivity index (χ0) is 22.9. The number of aromatic nitrogens is 1. The molecule has 1 aromatic heterocycles. The highest BCUT2D eigenvalue weighted by molar-refractivity contribution is 6.00. The van der Waals surface area contributed by atoms with Crippen LogP contribution in [0.1, 0.15) is 36.1 Å². The van der Waals surface area contributed by atoms with E-state index in [2.05, 4.69) is 15.3 Å². The largest absolute Gasteiger partial charge is 0.382 e. The highest BCUT2D eigenvalue weighted by Crippen LogP contribution is 2.52. The fourth-order valence-electron chi connectivity index (χ4n) is 4.88. The molecule has 1 spiro atoms. The number of aryl methyl sites for hydroxylation is 1. The van der Waals surface area contributed by atoms with Gasteiger partial charge in [0.1, 0.15) is 5.54 Å². The number of carbonyl (C=O) groups is 1. The maximum absolute atomic E-state index is 13.2. The summed E-state index contributed by atoms with van der Waals surface area (Å²) < 4.78 is 26.4. The molecular weight excluding hydrogens is 420 g/mol. The number of aliphatic imine (C=N–C) groups is 1. The van der Waals surface area contributed by atoms with Crippen LogP contribution in [-0.2, 0) is 16.8 Å². The van der Waals surface area contributed by atoms with Gasteiger partial charge in [0.25, 0.3) is 0 Å². The number of hydrogen-bond donors (Lipinski definition) is 4. The van der Waals surface area contributed by atoms with Crippen molar-refractivity contribution in [2.75, 3.05) is 5.32 Å². The summed E-state index contributed by atoms with van der Waals surface area (Å²) in [6, 6.07) is 8.84. The van der Waals surface area contributed by atoms with Gasteiger partial charge in [0.15, 0.2) is 11.6 Å². The van der Waals surface area contributed by atoms with Crippen LogP contribution >= 0.6 is 0 Å². The van der Waals surface area contributed by atoms with E-state index in [0.717, 1.165) is 28.2 Å². The molecule has 0 saturated heterocycles. The summed E-state index contributed by atoms with van der Waals surface area (Å²) in [5.41, 5.74) is 7.35. The minimum atomic E-state index is -4.24. The van der Waals surface area contributed by atoms with Crippen LogP contribution in [0.3, 0.4) is 0 Å². The average Bonchev–Trinajstić information content (AvgIpc) is 2.67. The number of fused-ring (bicyclic) bond motifs is 2. The Bertz CT molecular complexity index is 1130. The Morgan fingerprint density at radius 3 is 2.62 bits per heavy atom. The zero-order valence-electron chi connectivity index (χ0n) is 17.3. The third kappa shape index (κ3) is 3.05. The Morgan fingerprint density at radius 2 is 2.00 bits per heavy atom. The molecule has 32 heavy (non-hydrogen) atoms. The SMILES string of the molecule is Cc1ccc(Nc2cccc3c2C[C@]32CC(=O)N(C3CC(O)(C(O)(F)F)C3)C(N)=N2)cn1. The van der Waals surface area contributed by atoms with Crippen LogP contribution in [0.2, 0.25) is 0 Å². The number of nitrogens with two attached hydrogens (primary N) is 1. The van der Waals surface area contributed by atoms with E-state index >= 15 is 0 Å². The summed E-state index contributed by atoms with van der Waals surface area (Å²) >= 11 is 0. The number of guanidine groups is 1. The van der Waals surface area contributed by atoms with Crippen molar-refractivity contribution in [2.45, 2.75) is 55.9 Å². The van der Waals surface area contributed by atoms with E-state index in [9.17, 15) is 18.7 Å². The molecule has 1 aliphatic heterocycles. The van der Waals surface area contributed by atoms with Gasteiger partial charge in [0.2, 0.25) is 5.91 Å². The quantitative estimate of drug-likeness (QED) is 0.572. The van der Waals surface area contributed by atoms with E-state index in [4.69, 9.17) is 10.8 Å². The molecule has 8 nitrogen and oxygen atoms in total. The molecule has 3 aliphatic rings. The van der Waals surface area contributed by atoms with Crippen molar-refractivity contribution >= 4 is 23.2 Å². The summed E-state index contributed by atoms with van der Waals surface area (Å²) in [7, 11) is 0. The number of benzene rings is 1. The Labute approximate surface area is 182 Å². The molecule has 0 bridgehead atoms. The summed E-state index contributed by atoms with van der Waals surface area (Å²) in [5.74, 6) is -0.390. The molecule has 0 radical (unpaired) electrons. The Kier molecular flexibility index (Phi) is 4.35. The van der Waals surface area contributed by atoms with E-state index in [1.54, 1.807) is 6.20 Å². The first kappa shape index (κ1) is 20.8. The van der Waals surface area contributed by atoms with Crippen molar-refractivity contribution in [3.8, 4) is 0 Å². The number of carbonyl (C=O) groups excluding carboxylic acids is 1. The Hall–Kier alpha value is -3.11. The minimum Gasteiger partial charge on any atom is -0.381 e. The lowest BCUT2D eigenvalue weighted by Crippen LogP contribution is -2.67. The van der Waals surface area contributed by atoms with Gasteiger partial charge in [-0.3, -0.25) is 14.7 Å². The van der Waals surface area contributed by atoms with Crippen LogP contribution < -0.4 is 11.1 Å². The van der Waals surface area contributed by atoms with Crippen molar-refractivity contribution in [1.29, 1.82) is 0 Å². The van der Waals surface area contributed by atoms with E-state index in [1.807, 2.05) is 37.3 Å². The number of nitrogens with zero attached hydrogens (tertiary/aromatic N) is 3. The average molecular weight is 443 g/mol. The predicted octanol–water partition coefficient (Wildman–Crippen LogP) is 1.91. The van der Waals surface area contributed by atoms with Crippen LogP contribution in [0.5, 0.6) is 0 Å². The van der Waals surface area contributed by atoms with Gasteiger partial charge >= 0.3 is 6.11 Å². The Balaban J connectivity index is 1.37. The first-order chi connectivity index (χ1) is 15.0. The molecule has 1 fully saturated rings. The molecule has 2 aromatic rings. The molecule has 2 aliphatic carbocycles. The normalized spacial score (nSPS) is 29.2. The second-order valence-corrected chi connectivity index (χ2v) is 8.90. The van der Waals surface area contributed by atoms with E-state index < -0.39 is 36.1 Å². The highest BCUT2D eigenvalue weighted by atomic mass is 19.3. The number of alkyl halides is 2. The van der Waals surface area contributed by atoms with Crippen LogP contribution in [-0.4, -0.2) is 49.7 Å². The maximum atomic E-state index is 13.2. The topological polar surface area (TPSA) is 124 Å². The predicted molar refractivity (Wildman–Crippen MR) is 112 cm³/mol. The van der Waals surface area contributed by atoms with Gasteiger partial charge in [0.05, 0.1) is 18.3 Å². The molecule has 5 rings (SSSR count). The molecule has 1 amide bonds. The molecule has 5 N–H and O–H groups in total. The lowest BCUT2D eigenvalue weighted by molar-refractivity contribution is -0.335. The number of halogens is 2. The number of rotatable bonds is 4.